The standard InChI is InChI=1S/C11H20N4O3/c1-15-10(9(12)8-14-15)11(16)13-4-3-5-18-7-6-17-2/h8H,3-7,12H2,1-2H3,(H,13,16). The van der Waals surface area contributed by atoms with Crippen molar-refractivity contribution in [1.82, 2.24) is 15.1 Å². The maximum atomic E-state index is 11.8. The topological polar surface area (TPSA) is 91.4 Å². The quantitative estimate of drug-likeness (QED) is 0.628. The van der Waals surface area contributed by atoms with Crippen molar-refractivity contribution in [3.63, 3.8) is 0 Å². The summed E-state index contributed by atoms with van der Waals surface area (Å²) >= 11 is 0. The molecule has 18 heavy (non-hydrogen) atoms. The fourth-order valence-corrected chi connectivity index (χ4v) is 1.44. The summed E-state index contributed by atoms with van der Waals surface area (Å²) in [5.41, 5.74) is 6.41. The van der Waals surface area contributed by atoms with E-state index < -0.39 is 0 Å². The Hall–Kier alpha value is -1.60. The number of nitrogens with one attached hydrogen (secondary N) is 1. The summed E-state index contributed by atoms with van der Waals surface area (Å²) in [5.74, 6) is -0.218. The number of hydrogen-bond donors (Lipinski definition) is 2. The highest BCUT2D eigenvalue weighted by molar-refractivity contribution is 5.97. The molecule has 0 radical (unpaired) electrons. The van der Waals surface area contributed by atoms with E-state index >= 15 is 0 Å². The number of anilines is 1. The Bertz CT molecular complexity index is 359. The number of nitrogen functional groups attached to an aromatic ring is 1. The van der Waals surface area contributed by atoms with Gasteiger partial charge in [0.15, 0.2) is 0 Å². The van der Waals surface area contributed by atoms with Gasteiger partial charge in [-0.1, -0.05) is 0 Å². The summed E-state index contributed by atoms with van der Waals surface area (Å²) in [6.45, 7) is 2.28. The van der Waals surface area contributed by atoms with E-state index in [0.29, 0.717) is 37.7 Å². The van der Waals surface area contributed by atoms with Gasteiger partial charge < -0.3 is 20.5 Å². The fraction of sp³-hybridized carbons (Fsp3) is 0.636. The second-order valence-corrected chi connectivity index (χ2v) is 3.79. The molecule has 0 aromatic carbocycles. The van der Waals surface area contributed by atoms with Crippen LogP contribution in [0.25, 0.3) is 0 Å². The van der Waals surface area contributed by atoms with Gasteiger partial charge in [0.2, 0.25) is 0 Å². The molecule has 0 unspecified atom stereocenters. The summed E-state index contributed by atoms with van der Waals surface area (Å²) in [6.07, 6.45) is 2.20. The number of ether oxygens (including phenoxy) is 2. The smallest absolute Gasteiger partial charge is 0.271 e. The summed E-state index contributed by atoms with van der Waals surface area (Å²) in [4.78, 5) is 11.8. The predicted octanol–water partition coefficient (Wildman–Crippen LogP) is -0.215. The van der Waals surface area contributed by atoms with Gasteiger partial charge in [-0.05, 0) is 6.42 Å². The Morgan fingerprint density at radius 3 is 2.89 bits per heavy atom. The summed E-state index contributed by atoms with van der Waals surface area (Å²) in [6, 6.07) is 0. The molecule has 7 heteroatoms. The molecule has 0 aliphatic heterocycles. The van der Waals surface area contributed by atoms with Gasteiger partial charge in [-0.2, -0.15) is 5.10 Å². The van der Waals surface area contributed by atoms with Crippen LogP contribution in [0, 0.1) is 0 Å². The number of aryl methyl sites for hydroxylation is 1. The van der Waals surface area contributed by atoms with Gasteiger partial charge in [0, 0.05) is 27.3 Å². The van der Waals surface area contributed by atoms with Crippen molar-refractivity contribution in [2.24, 2.45) is 7.05 Å². The molecule has 1 amide bonds. The molecular weight excluding hydrogens is 236 g/mol. The summed E-state index contributed by atoms with van der Waals surface area (Å²) < 4.78 is 11.6. The third-order valence-corrected chi connectivity index (χ3v) is 2.36. The first kappa shape index (κ1) is 14.5. The van der Waals surface area contributed by atoms with Gasteiger partial charge in [-0.15, -0.1) is 0 Å². The largest absolute Gasteiger partial charge is 0.396 e. The van der Waals surface area contributed by atoms with E-state index in [2.05, 4.69) is 10.4 Å². The lowest BCUT2D eigenvalue weighted by Crippen LogP contribution is -2.28. The number of carbonyl (C=O) groups is 1. The normalized spacial score (nSPS) is 10.6. The van der Waals surface area contributed by atoms with E-state index in [9.17, 15) is 4.79 Å². The Morgan fingerprint density at radius 1 is 1.50 bits per heavy atom. The lowest BCUT2D eigenvalue weighted by molar-refractivity contribution is 0.0688. The van der Waals surface area contributed by atoms with Crippen molar-refractivity contribution < 1.29 is 14.3 Å². The third kappa shape index (κ3) is 4.34. The Morgan fingerprint density at radius 2 is 2.28 bits per heavy atom. The fourth-order valence-electron chi connectivity index (χ4n) is 1.44. The number of aromatic nitrogens is 2. The molecule has 0 aliphatic carbocycles. The van der Waals surface area contributed by atoms with E-state index in [4.69, 9.17) is 15.2 Å². The van der Waals surface area contributed by atoms with Crippen LogP contribution < -0.4 is 11.1 Å². The highest BCUT2D eigenvalue weighted by Gasteiger charge is 2.13. The molecule has 0 saturated carbocycles. The highest BCUT2D eigenvalue weighted by atomic mass is 16.5. The SMILES string of the molecule is COCCOCCCNC(=O)c1c(N)cnn1C. The van der Waals surface area contributed by atoms with E-state index in [1.165, 1.54) is 10.9 Å². The van der Waals surface area contributed by atoms with Gasteiger partial charge in [0.25, 0.3) is 5.91 Å². The molecule has 0 bridgehead atoms. The van der Waals surface area contributed by atoms with Crippen LogP contribution in [0.2, 0.25) is 0 Å². The first-order chi connectivity index (χ1) is 8.66. The molecule has 7 nitrogen and oxygen atoms in total. The van der Waals surface area contributed by atoms with Crippen LogP contribution in [0.3, 0.4) is 0 Å². The minimum atomic E-state index is -0.218. The Kier molecular flexibility index (Phi) is 6.16. The van der Waals surface area contributed by atoms with Crippen molar-refractivity contribution in [3.8, 4) is 0 Å². The Balaban J connectivity index is 2.18. The molecule has 3 N–H and O–H groups in total. The van der Waals surface area contributed by atoms with Crippen LogP contribution in [-0.4, -0.2) is 49.2 Å². The molecule has 1 aromatic rings. The van der Waals surface area contributed by atoms with Crippen LogP contribution in [0.5, 0.6) is 0 Å². The molecule has 0 fully saturated rings. The molecule has 1 rings (SSSR count). The molecule has 0 spiro atoms. The first-order valence-corrected chi connectivity index (χ1v) is 5.79. The molecule has 0 aliphatic rings. The average Bonchev–Trinajstić information content (AvgIpc) is 2.68. The van der Waals surface area contributed by atoms with Gasteiger partial charge in [0.1, 0.15) is 5.69 Å². The van der Waals surface area contributed by atoms with Crippen molar-refractivity contribution >= 4 is 11.6 Å². The van der Waals surface area contributed by atoms with E-state index in [0.717, 1.165) is 6.42 Å². The van der Waals surface area contributed by atoms with Crippen LogP contribution in [0.1, 0.15) is 16.9 Å². The number of carbonyl (C=O) groups excluding carboxylic acids is 1. The first-order valence-electron chi connectivity index (χ1n) is 5.79. The lowest BCUT2D eigenvalue weighted by Gasteiger charge is -2.07. The van der Waals surface area contributed by atoms with Gasteiger partial charge in [-0.25, -0.2) is 0 Å². The van der Waals surface area contributed by atoms with Crippen molar-refractivity contribution in [1.29, 1.82) is 0 Å². The van der Waals surface area contributed by atoms with Crippen molar-refractivity contribution in [3.05, 3.63) is 11.9 Å². The van der Waals surface area contributed by atoms with Crippen LogP contribution in [0.4, 0.5) is 5.69 Å². The number of methoxy groups -OCH3 is 1. The van der Waals surface area contributed by atoms with E-state index in [1.807, 2.05) is 0 Å². The van der Waals surface area contributed by atoms with Gasteiger partial charge >= 0.3 is 0 Å². The number of amides is 1. The second kappa shape index (κ2) is 7.67. The molecule has 1 aromatic heterocycles. The summed E-state index contributed by atoms with van der Waals surface area (Å²) in [5, 5.41) is 6.67. The number of nitrogens with two attached hydrogens (primary N) is 1. The van der Waals surface area contributed by atoms with E-state index in [-0.39, 0.29) is 5.91 Å². The van der Waals surface area contributed by atoms with Crippen molar-refractivity contribution in [2.45, 2.75) is 6.42 Å². The molecule has 0 atom stereocenters. The predicted molar refractivity (Wildman–Crippen MR) is 67.3 cm³/mol. The summed E-state index contributed by atoms with van der Waals surface area (Å²) in [7, 11) is 3.31. The Labute approximate surface area is 106 Å². The van der Waals surface area contributed by atoms with Crippen LogP contribution in [-0.2, 0) is 16.5 Å². The third-order valence-electron chi connectivity index (χ3n) is 2.36. The van der Waals surface area contributed by atoms with Gasteiger partial charge in [-0.3, -0.25) is 9.48 Å². The second-order valence-electron chi connectivity index (χ2n) is 3.79. The minimum absolute atomic E-state index is 0.218. The molecule has 102 valence electrons. The minimum Gasteiger partial charge on any atom is -0.396 e. The average molecular weight is 256 g/mol. The monoisotopic (exact) mass is 256 g/mol. The number of rotatable bonds is 8. The maximum Gasteiger partial charge on any atom is 0.271 e. The molecule has 0 saturated heterocycles. The zero-order valence-corrected chi connectivity index (χ0v) is 10.8. The van der Waals surface area contributed by atoms with Crippen LogP contribution in [0.15, 0.2) is 6.20 Å². The van der Waals surface area contributed by atoms with Crippen molar-refractivity contribution in [2.75, 3.05) is 39.2 Å². The highest BCUT2D eigenvalue weighted by Crippen LogP contribution is 2.08. The number of nitrogens with zero attached hydrogens (tertiary/aromatic N) is 2. The maximum absolute atomic E-state index is 11.8. The number of hydrogen-bond acceptors (Lipinski definition) is 5. The lowest BCUT2D eigenvalue weighted by atomic mass is 10.3. The molecule has 1 heterocycles. The molecular formula is C11H20N4O3. The van der Waals surface area contributed by atoms with Gasteiger partial charge in [0.05, 0.1) is 25.1 Å². The zero-order valence-electron chi connectivity index (χ0n) is 10.8. The van der Waals surface area contributed by atoms with E-state index in [1.54, 1.807) is 14.2 Å². The van der Waals surface area contributed by atoms with Crippen LogP contribution >= 0.6 is 0 Å². The zero-order chi connectivity index (χ0) is 13.4.